The highest BCUT2D eigenvalue weighted by molar-refractivity contribution is 6.70. The molecule has 1 aromatic rings. The lowest BCUT2D eigenvalue weighted by atomic mass is 9.44. The highest BCUT2D eigenvalue weighted by Crippen LogP contribution is 2.69. The first kappa shape index (κ1) is 30.5. The number of hydrogen-bond acceptors (Lipinski definition) is 4. The van der Waals surface area contributed by atoms with Crippen molar-refractivity contribution in [1.82, 2.24) is 0 Å². The molecule has 0 heterocycles. The minimum absolute atomic E-state index is 0.111. The molecule has 0 N–H and O–H groups in total. The molecule has 224 valence electrons. The van der Waals surface area contributed by atoms with Crippen LogP contribution in [0.15, 0.2) is 35.5 Å². The van der Waals surface area contributed by atoms with Crippen molar-refractivity contribution in [2.24, 2.45) is 39.7 Å². The summed E-state index contributed by atoms with van der Waals surface area (Å²) in [5, 5.41) is 4.82. The molecule has 0 aliphatic heterocycles. The van der Waals surface area contributed by atoms with E-state index in [-0.39, 0.29) is 11.0 Å². The summed E-state index contributed by atoms with van der Waals surface area (Å²) in [4.78, 5) is 6.01. The number of fused-ring (bicyclic) bond motifs is 5. The molecule has 40 heavy (non-hydrogen) atoms. The van der Waals surface area contributed by atoms with Gasteiger partial charge in [0.1, 0.15) is 12.2 Å². The van der Waals surface area contributed by atoms with Crippen molar-refractivity contribution < 1.29 is 13.7 Å². The summed E-state index contributed by atoms with van der Waals surface area (Å²) < 4.78 is 14.0. The average molecular weight is 584 g/mol. The summed E-state index contributed by atoms with van der Waals surface area (Å²) in [6.07, 6.45) is 12.1. The number of rotatable bonds is 8. The largest absolute Gasteiger partial charge is 0.415 e. The SMILES string of the molecule is C/C(=N\OCc1ccccc1)[C@@]1(O[Si](C)(C)C)CC[C@H]2[C@@H]3CCC4CC(O[Si](C)(C)C)CC[C@]4(C)[C@H]3CC[C@@]21C. The molecule has 0 bridgehead atoms. The van der Waals surface area contributed by atoms with Gasteiger partial charge in [-0.3, -0.25) is 0 Å². The molecule has 4 saturated carbocycles. The Morgan fingerprint density at radius 3 is 2.23 bits per heavy atom. The highest BCUT2D eigenvalue weighted by Gasteiger charge is 2.67. The van der Waals surface area contributed by atoms with Crippen molar-refractivity contribution in [2.75, 3.05) is 0 Å². The quantitative estimate of drug-likeness (QED) is 0.174. The van der Waals surface area contributed by atoms with Gasteiger partial charge in [-0.15, -0.1) is 0 Å². The van der Waals surface area contributed by atoms with E-state index in [1.807, 2.05) is 6.07 Å². The molecule has 2 unspecified atom stereocenters. The standard InChI is InChI=1S/C34H57NO3Si2/c1-25(35-36-24-26-13-11-10-12-14-26)34(38-40(7,8)9)22-19-31-29-16-15-27-23-28(37-39(4,5)6)17-20-32(27,2)30(29)18-21-33(31,34)3/h10-14,27-31H,15-24H2,1-9H3/b35-25+/t27?,28?,29-,30+,31+,32+,33+,34+/m1/s1. The number of nitrogens with zero attached hydrogens (tertiary/aromatic N) is 1. The Morgan fingerprint density at radius 1 is 0.850 bits per heavy atom. The normalized spacial score (nSPS) is 40.2. The van der Waals surface area contributed by atoms with Gasteiger partial charge >= 0.3 is 0 Å². The van der Waals surface area contributed by atoms with E-state index in [1.165, 1.54) is 51.4 Å². The monoisotopic (exact) mass is 583 g/mol. The Labute approximate surface area is 247 Å². The van der Waals surface area contributed by atoms with Crippen LogP contribution in [-0.2, 0) is 20.3 Å². The van der Waals surface area contributed by atoms with Gasteiger partial charge in [-0.1, -0.05) is 49.3 Å². The fraction of sp³-hybridized carbons (Fsp3) is 0.794. The Bertz CT molecular complexity index is 1070. The molecule has 0 spiro atoms. The maximum atomic E-state index is 7.31. The second kappa shape index (κ2) is 11.0. The van der Waals surface area contributed by atoms with E-state index < -0.39 is 16.6 Å². The average Bonchev–Trinajstić information content (AvgIpc) is 3.15. The molecule has 4 aliphatic rings. The van der Waals surface area contributed by atoms with Crippen LogP contribution < -0.4 is 0 Å². The van der Waals surface area contributed by atoms with E-state index in [0.717, 1.165) is 35.4 Å². The van der Waals surface area contributed by atoms with Gasteiger partial charge in [0.15, 0.2) is 16.6 Å². The van der Waals surface area contributed by atoms with Gasteiger partial charge in [-0.2, -0.15) is 0 Å². The third-order valence-corrected chi connectivity index (χ3v) is 13.6. The number of benzene rings is 1. The van der Waals surface area contributed by atoms with Crippen LogP contribution in [0.1, 0.15) is 84.1 Å². The van der Waals surface area contributed by atoms with Crippen LogP contribution in [0.4, 0.5) is 0 Å². The van der Waals surface area contributed by atoms with Gasteiger partial charge in [-0.05, 0) is 139 Å². The van der Waals surface area contributed by atoms with Gasteiger partial charge in [-0.25, -0.2) is 0 Å². The Hall–Kier alpha value is -0.956. The van der Waals surface area contributed by atoms with E-state index in [1.54, 1.807) is 0 Å². The molecule has 0 aromatic heterocycles. The molecule has 0 radical (unpaired) electrons. The van der Waals surface area contributed by atoms with Crippen LogP contribution in [0.2, 0.25) is 39.3 Å². The molecule has 8 atom stereocenters. The maximum absolute atomic E-state index is 7.31. The van der Waals surface area contributed by atoms with Gasteiger partial charge in [0.25, 0.3) is 0 Å². The first-order valence-electron chi connectivity index (χ1n) is 16.3. The minimum atomic E-state index is -1.84. The molecule has 1 aromatic carbocycles. The summed E-state index contributed by atoms with van der Waals surface area (Å²) >= 11 is 0. The minimum Gasteiger partial charge on any atom is -0.415 e. The van der Waals surface area contributed by atoms with Gasteiger partial charge in [0.2, 0.25) is 0 Å². The summed E-state index contributed by atoms with van der Waals surface area (Å²) in [7, 11) is -3.34. The third kappa shape index (κ3) is 5.68. The van der Waals surface area contributed by atoms with Crippen LogP contribution in [0, 0.1) is 34.5 Å². The van der Waals surface area contributed by atoms with Crippen LogP contribution >= 0.6 is 0 Å². The van der Waals surface area contributed by atoms with Gasteiger partial charge < -0.3 is 13.7 Å². The van der Waals surface area contributed by atoms with E-state index in [9.17, 15) is 0 Å². The maximum Gasteiger partial charge on any atom is 0.185 e. The van der Waals surface area contributed by atoms with E-state index in [2.05, 4.69) is 84.3 Å². The van der Waals surface area contributed by atoms with Gasteiger partial charge in [0, 0.05) is 11.5 Å². The zero-order valence-electron chi connectivity index (χ0n) is 27.0. The molecular weight excluding hydrogens is 527 g/mol. The molecule has 0 amide bonds. The van der Waals surface area contributed by atoms with Crippen molar-refractivity contribution in [1.29, 1.82) is 0 Å². The predicted molar refractivity (Wildman–Crippen MR) is 171 cm³/mol. The molecule has 5 rings (SSSR count). The Balaban J connectivity index is 1.37. The van der Waals surface area contributed by atoms with Crippen molar-refractivity contribution in [3.63, 3.8) is 0 Å². The summed E-state index contributed by atoms with van der Waals surface area (Å²) in [5.41, 5.74) is 2.49. The first-order valence-corrected chi connectivity index (χ1v) is 23.1. The topological polar surface area (TPSA) is 40.0 Å². The molecule has 4 nitrogen and oxygen atoms in total. The molecular formula is C34H57NO3Si2. The zero-order valence-corrected chi connectivity index (χ0v) is 29.0. The van der Waals surface area contributed by atoms with Crippen molar-refractivity contribution in [3.8, 4) is 0 Å². The second-order valence-electron chi connectivity index (χ2n) is 16.3. The fourth-order valence-corrected chi connectivity index (χ4v) is 12.8. The lowest BCUT2D eigenvalue weighted by molar-refractivity contribution is -0.139. The summed E-state index contributed by atoms with van der Waals surface area (Å²) in [6, 6.07) is 10.4. The smallest absolute Gasteiger partial charge is 0.185 e. The first-order chi connectivity index (χ1) is 18.7. The second-order valence-corrected chi connectivity index (χ2v) is 25.1. The fourth-order valence-electron chi connectivity index (χ4n) is 10.0. The van der Waals surface area contributed by atoms with E-state index >= 15 is 0 Å². The Kier molecular flexibility index (Phi) is 8.35. The van der Waals surface area contributed by atoms with Crippen LogP contribution in [0.3, 0.4) is 0 Å². The molecule has 4 aliphatic carbocycles. The van der Waals surface area contributed by atoms with Crippen molar-refractivity contribution in [3.05, 3.63) is 35.9 Å². The molecule has 6 heteroatoms. The van der Waals surface area contributed by atoms with Crippen LogP contribution in [0.25, 0.3) is 0 Å². The summed E-state index contributed by atoms with van der Waals surface area (Å²) in [5.74, 6) is 3.17. The van der Waals surface area contributed by atoms with E-state index in [4.69, 9.17) is 18.8 Å². The van der Waals surface area contributed by atoms with Crippen LogP contribution in [-0.4, -0.2) is 34.1 Å². The van der Waals surface area contributed by atoms with E-state index in [0.29, 0.717) is 24.0 Å². The summed E-state index contributed by atoms with van der Waals surface area (Å²) in [6.45, 7) is 22.1. The molecule has 4 fully saturated rings. The predicted octanol–water partition coefficient (Wildman–Crippen LogP) is 9.43. The highest BCUT2D eigenvalue weighted by atomic mass is 28.4. The zero-order chi connectivity index (χ0) is 29.0. The Morgan fingerprint density at radius 2 is 1.55 bits per heavy atom. The lowest BCUT2D eigenvalue weighted by Crippen LogP contribution is -2.61. The van der Waals surface area contributed by atoms with Crippen molar-refractivity contribution >= 4 is 22.3 Å². The third-order valence-electron chi connectivity index (χ3n) is 11.6. The van der Waals surface area contributed by atoms with Crippen LogP contribution in [0.5, 0.6) is 0 Å². The van der Waals surface area contributed by atoms with Crippen molar-refractivity contribution in [2.45, 2.75) is 136 Å². The number of hydrogen-bond donors (Lipinski definition) is 0. The number of oxime groups is 1. The van der Waals surface area contributed by atoms with Gasteiger partial charge in [0.05, 0.1) is 5.71 Å². The lowest BCUT2D eigenvalue weighted by Gasteiger charge is -2.62. The molecule has 0 saturated heterocycles.